The molecule has 0 radical (unpaired) electrons. The molecule has 2 fully saturated rings. The largest absolute Gasteiger partial charge is 0.449 e. The number of fused-ring (bicyclic) bond motifs is 1. The smallest absolute Gasteiger partial charge is 0.409 e. The molecule has 8 heteroatoms. The number of para-hydroxylation sites is 2. The normalized spacial score (nSPS) is 20.8. The number of amides is 3. The van der Waals surface area contributed by atoms with Gasteiger partial charge >= 0.3 is 6.09 Å². The number of ether oxygens (including phenoxy) is 1. The van der Waals surface area contributed by atoms with Gasteiger partial charge in [-0.3, -0.25) is 19.4 Å². The van der Waals surface area contributed by atoms with E-state index in [2.05, 4.69) is 10.2 Å². The number of hydrogen-bond donors (Lipinski definition) is 1. The summed E-state index contributed by atoms with van der Waals surface area (Å²) in [7, 11) is 0. The Morgan fingerprint density at radius 3 is 2.56 bits per heavy atom. The van der Waals surface area contributed by atoms with E-state index < -0.39 is 5.54 Å². The fourth-order valence-electron chi connectivity index (χ4n) is 5.03. The van der Waals surface area contributed by atoms with E-state index in [1.54, 1.807) is 9.80 Å². The van der Waals surface area contributed by atoms with E-state index in [1.807, 2.05) is 38.1 Å². The molecule has 1 spiro atoms. The number of nitrogens with zero attached hydrogens (tertiary/aromatic N) is 3. The van der Waals surface area contributed by atoms with Crippen LogP contribution in [-0.4, -0.2) is 72.6 Å². The first-order chi connectivity index (χ1) is 15.4. The molecule has 1 N–H and O–H groups in total. The van der Waals surface area contributed by atoms with Crippen molar-refractivity contribution < 1.29 is 19.1 Å². The Morgan fingerprint density at radius 2 is 1.81 bits per heavy atom. The van der Waals surface area contributed by atoms with Gasteiger partial charge < -0.3 is 15.0 Å². The third-order valence-corrected chi connectivity index (χ3v) is 6.67. The van der Waals surface area contributed by atoms with Gasteiger partial charge in [-0.1, -0.05) is 38.8 Å². The maximum atomic E-state index is 13.6. The number of benzene rings is 1. The number of carbonyl (C=O) groups is 3. The van der Waals surface area contributed by atoms with Gasteiger partial charge in [-0.15, -0.1) is 0 Å². The lowest BCUT2D eigenvalue weighted by atomic mass is 9.89. The van der Waals surface area contributed by atoms with E-state index in [0.29, 0.717) is 50.7 Å². The Hall–Kier alpha value is -2.61. The van der Waals surface area contributed by atoms with Crippen LogP contribution in [0, 0.1) is 5.92 Å². The first-order valence-electron chi connectivity index (χ1n) is 11.8. The number of anilines is 2. The van der Waals surface area contributed by atoms with Crippen LogP contribution in [0.4, 0.5) is 16.2 Å². The highest BCUT2D eigenvalue weighted by molar-refractivity contribution is 6.15. The van der Waals surface area contributed by atoms with Crippen molar-refractivity contribution in [2.75, 3.05) is 49.5 Å². The minimum absolute atomic E-state index is 0.0509. The van der Waals surface area contributed by atoms with Crippen LogP contribution in [0.1, 0.15) is 46.0 Å². The highest BCUT2D eigenvalue weighted by Crippen LogP contribution is 2.45. The summed E-state index contributed by atoms with van der Waals surface area (Å²) in [5.41, 5.74) is 0.690. The summed E-state index contributed by atoms with van der Waals surface area (Å²) in [5, 5.41) is 3.02. The molecular weight excluding hydrogens is 408 g/mol. The number of carbonyl (C=O) groups excluding carboxylic acids is 3. The molecule has 32 heavy (non-hydrogen) atoms. The van der Waals surface area contributed by atoms with Crippen LogP contribution in [0.15, 0.2) is 24.3 Å². The van der Waals surface area contributed by atoms with Gasteiger partial charge in [-0.25, -0.2) is 4.79 Å². The van der Waals surface area contributed by atoms with E-state index in [4.69, 9.17) is 4.74 Å². The first kappa shape index (κ1) is 22.6. The van der Waals surface area contributed by atoms with Gasteiger partial charge in [-0.2, -0.15) is 0 Å². The molecule has 2 heterocycles. The van der Waals surface area contributed by atoms with Crippen molar-refractivity contribution in [3.05, 3.63) is 24.3 Å². The topological polar surface area (TPSA) is 82.2 Å². The molecule has 3 amide bonds. The lowest BCUT2D eigenvalue weighted by molar-refractivity contribution is -0.128. The fourth-order valence-corrected chi connectivity index (χ4v) is 5.03. The van der Waals surface area contributed by atoms with Crippen molar-refractivity contribution in [1.29, 1.82) is 0 Å². The van der Waals surface area contributed by atoms with E-state index in [-0.39, 0.29) is 24.5 Å². The molecule has 8 nitrogen and oxygen atoms in total. The van der Waals surface area contributed by atoms with E-state index >= 15 is 0 Å². The third-order valence-electron chi connectivity index (χ3n) is 6.67. The minimum atomic E-state index is -0.788. The lowest BCUT2D eigenvalue weighted by Crippen LogP contribution is -2.62. The standard InChI is InChI=1S/C24H34N4O4/c1-18(2)17-32-23(31)27-13-7-12-26(14-15-27)16-21(29)28-20-9-4-3-8-19(20)25-22(30)24(28)10-5-6-11-24/h3-4,8-9,18H,5-7,10-17H2,1-2H3,(H,25,30). The van der Waals surface area contributed by atoms with Crippen LogP contribution in [0.5, 0.6) is 0 Å². The average molecular weight is 443 g/mol. The summed E-state index contributed by atoms with van der Waals surface area (Å²) in [4.78, 5) is 44.7. The molecule has 1 aromatic carbocycles. The predicted octanol–water partition coefficient (Wildman–Crippen LogP) is 3.08. The van der Waals surface area contributed by atoms with Crippen molar-refractivity contribution in [2.45, 2.75) is 51.5 Å². The van der Waals surface area contributed by atoms with Crippen LogP contribution < -0.4 is 10.2 Å². The molecule has 4 rings (SSSR count). The third kappa shape index (κ3) is 4.46. The first-order valence-corrected chi connectivity index (χ1v) is 11.8. The highest BCUT2D eigenvalue weighted by atomic mass is 16.6. The maximum absolute atomic E-state index is 13.6. The summed E-state index contributed by atoms with van der Waals surface area (Å²) < 4.78 is 5.37. The zero-order valence-electron chi connectivity index (χ0n) is 19.1. The van der Waals surface area contributed by atoms with Crippen molar-refractivity contribution in [3.63, 3.8) is 0 Å². The Kier molecular flexibility index (Phi) is 6.69. The zero-order chi connectivity index (χ0) is 22.7. The Morgan fingerprint density at radius 1 is 1.06 bits per heavy atom. The van der Waals surface area contributed by atoms with Crippen LogP contribution in [0.3, 0.4) is 0 Å². The van der Waals surface area contributed by atoms with Gasteiger partial charge in [0.05, 0.1) is 24.5 Å². The average Bonchev–Trinajstić information content (AvgIpc) is 3.13. The van der Waals surface area contributed by atoms with E-state index in [9.17, 15) is 14.4 Å². The molecule has 1 aromatic rings. The molecule has 0 bridgehead atoms. The SMILES string of the molecule is CC(C)COC(=O)N1CCCN(CC(=O)N2c3ccccc3NC(=O)C23CCCC3)CC1. The molecular formula is C24H34N4O4. The predicted molar refractivity (Wildman–Crippen MR) is 123 cm³/mol. The molecule has 3 aliphatic rings. The summed E-state index contributed by atoms with van der Waals surface area (Å²) in [6, 6.07) is 7.55. The molecule has 1 saturated heterocycles. The molecule has 174 valence electrons. The Balaban J connectivity index is 1.46. The molecule has 1 saturated carbocycles. The van der Waals surface area contributed by atoms with Crippen molar-refractivity contribution in [3.8, 4) is 0 Å². The van der Waals surface area contributed by atoms with E-state index in [0.717, 1.165) is 31.5 Å². The van der Waals surface area contributed by atoms with E-state index in [1.165, 1.54) is 0 Å². The van der Waals surface area contributed by atoms with Crippen molar-refractivity contribution >= 4 is 29.3 Å². The maximum Gasteiger partial charge on any atom is 0.409 e. The summed E-state index contributed by atoms with van der Waals surface area (Å²) in [6.45, 7) is 7.17. The van der Waals surface area contributed by atoms with Gasteiger partial charge in [0.1, 0.15) is 5.54 Å². The Bertz CT molecular complexity index is 865. The molecule has 0 aromatic heterocycles. The van der Waals surface area contributed by atoms with Crippen LogP contribution >= 0.6 is 0 Å². The molecule has 2 aliphatic heterocycles. The minimum Gasteiger partial charge on any atom is -0.449 e. The van der Waals surface area contributed by atoms with Crippen LogP contribution in [0.25, 0.3) is 0 Å². The second-order valence-electron chi connectivity index (χ2n) is 9.53. The van der Waals surface area contributed by atoms with Gasteiger partial charge in [-0.05, 0) is 37.3 Å². The molecule has 1 aliphatic carbocycles. The van der Waals surface area contributed by atoms with Gasteiger partial charge in [0.2, 0.25) is 5.91 Å². The number of rotatable bonds is 4. The van der Waals surface area contributed by atoms with Crippen molar-refractivity contribution in [1.82, 2.24) is 9.80 Å². The summed E-state index contributed by atoms with van der Waals surface area (Å²) in [5.74, 6) is 0.176. The second-order valence-corrected chi connectivity index (χ2v) is 9.53. The summed E-state index contributed by atoms with van der Waals surface area (Å²) >= 11 is 0. The second kappa shape index (κ2) is 9.48. The molecule has 0 atom stereocenters. The zero-order valence-corrected chi connectivity index (χ0v) is 19.1. The van der Waals surface area contributed by atoms with Crippen molar-refractivity contribution in [2.24, 2.45) is 5.92 Å². The monoisotopic (exact) mass is 442 g/mol. The van der Waals surface area contributed by atoms with Gasteiger partial charge in [0.25, 0.3) is 5.91 Å². The van der Waals surface area contributed by atoms with Gasteiger partial charge in [0.15, 0.2) is 0 Å². The number of hydrogen-bond acceptors (Lipinski definition) is 5. The number of nitrogens with one attached hydrogen (secondary N) is 1. The fraction of sp³-hybridized carbons (Fsp3) is 0.625. The van der Waals surface area contributed by atoms with Crippen LogP contribution in [-0.2, 0) is 14.3 Å². The molecule has 0 unspecified atom stereocenters. The van der Waals surface area contributed by atoms with Gasteiger partial charge in [0, 0.05) is 26.2 Å². The quantitative estimate of drug-likeness (QED) is 0.775. The summed E-state index contributed by atoms with van der Waals surface area (Å²) in [6.07, 6.45) is 3.76. The lowest BCUT2D eigenvalue weighted by Gasteiger charge is -2.45. The Labute approximate surface area is 189 Å². The van der Waals surface area contributed by atoms with Crippen LogP contribution in [0.2, 0.25) is 0 Å². The highest BCUT2D eigenvalue weighted by Gasteiger charge is 2.52.